The molecule has 0 radical (unpaired) electrons. The van der Waals surface area contributed by atoms with Crippen molar-refractivity contribution >= 4 is 17.5 Å². The highest BCUT2D eigenvalue weighted by Crippen LogP contribution is 2.35. The van der Waals surface area contributed by atoms with E-state index in [-0.39, 0.29) is 17.3 Å². The van der Waals surface area contributed by atoms with Crippen LogP contribution in [0.2, 0.25) is 5.02 Å². The number of rotatable bonds is 4. The number of hydrogen-bond acceptors (Lipinski definition) is 3. The van der Waals surface area contributed by atoms with Gasteiger partial charge in [-0.15, -0.1) is 0 Å². The van der Waals surface area contributed by atoms with Crippen molar-refractivity contribution in [3.8, 4) is 5.69 Å². The van der Waals surface area contributed by atoms with Crippen LogP contribution in [0.3, 0.4) is 0 Å². The number of para-hydroxylation sites is 1. The Bertz CT molecular complexity index is 925. The second-order valence-corrected chi connectivity index (χ2v) is 5.72. The average Bonchev–Trinajstić information content (AvgIpc) is 3.06. The number of amides is 1. The molecule has 3 aromatic rings. The summed E-state index contributed by atoms with van der Waals surface area (Å²) in [6, 6.07) is 9.32. The molecule has 0 saturated heterocycles. The van der Waals surface area contributed by atoms with Gasteiger partial charge in [-0.05, 0) is 23.8 Å². The van der Waals surface area contributed by atoms with Crippen LogP contribution in [-0.2, 0) is 12.7 Å². The maximum Gasteiger partial charge on any atom is 0.434 e. The first-order valence-corrected chi connectivity index (χ1v) is 7.83. The van der Waals surface area contributed by atoms with E-state index in [1.165, 1.54) is 24.4 Å². The van der Waals surface area contributed by atoms with Crippen LogP contribution >= 0.6 is 11.6 Å². The van der Waals surface area contributed by atoms with E-state index in [1.54, 1.807) is 24.4 Å². The van der Waals surface area contributed by atoms with Gasteiger partial charge in [0.2, 0.25) is 0 Å². The Morgan fingerprint density at radius 2 is 1.92 bits per heavy atom. The van der Waals surface area contributed by atoms with Crippen LogP contribution in [0, 0.1) is 0 Å². The molecule has 1 N–H and O–H groups in total. The molecule has 0 aliphatic carbocycles. The zero-order chi connectivity index (χ0) is 18.7. The molecule has 1 amide bonds. The van der Waals surface area contributed by atoms with Gasteiger partial charge >= 0.3 is 6.18 Å². The smallest absolute Gasteiger partial charge is 0.348 e. The van der Waals surface area contributed by atoms with E-state index in [0.717, 1.165) is 6.20 Å². The van der Waals surface area contributed by atoms with Crippen molar-refractivity contribution in [2.24, 2.45) is 0 Å². The van der Waals surface area contributed by atoms with Gasteiger partial charge in [0.05, 0.1) is 22.5 Å². The highest BCUT2D eigenvalue weighted by atomic mass is 35.5. The molecule has 0 aliphatic rings. The van der Waals surface area contributed by atoms with Crippen molar-refractivity contribution in [3.05, 3.63) is 76.8 Å². The van der Waals surface area contributed by atoms with Crippen LogP contribution in [0.4, 0.5) is 13.2 Å². The largest absolute Gasteiger partial charge is 0.434 e. The summed E-state index contributed by atoms with van der Waals surface area (Å²) in [7, 11) is 0. The summed E-state index contributed by atoms with van der Waals surface area (Å²) in [5.41, 5.74) is -1.07. The first kappa shape index (κ1) is 17.9. The molecule has 0 atom stereocenters. The predicted octanol–water partition coefficient (Wildman–Crippen LogP) is 3.87. The Hall–Kier alpha value is -2.87. The number of hydrogen-bond donors (Lipinski definition) is 1. The second kappa shape index (κ2) is 7.17. The lowest BCUT2D eigenvalue weighted by Crippen LogP contribution is -2.26. The third-order valence-corrected chi connectivity index (χ3v) is 3.86. The first-order chi connectivity index (χ1) is 12.4. The van der Waals surface area contributed by atoms with Gasteiger partial charge in [-0.3, -0.25) is 9.78 Å². The van der Waals surface area contributed by atoms with Gasteiger partial charge in [0.1, 0.15) is 0 Å². The normalized spacial score (nSPS) is 11.4. The van der Waals surface area contributed by atoms with Crippen molar-refractivity contribution in [1.82, 2.24) is 20.1 Å². The van der Waals surface area contributed by atoms with Crippen molar-refractivity contribution in [2.45, 2.75) is 12.7 Å². The molecule has 1 aromatic carbocycles. The van der Waals surface area contributed by atoms with Crippen LogP contribution in [0.15, 0.2) is 55.0 Å². The summed E-state index contributed by atoms with van der Waals surface area (Å²) < 4.78 is 41.4. The number of carbonyl (C=O) groups excluding carboxylic acids is 1. The van der Waals surface area contributed by atoms with Crippen molar-refractivity contribution in [2.75, 3.05) is 0 Å². The molecule has 26 heavy (non-hydrogen) atoms. The lowest BCUT2D eigenvalue weighted by molar-refractivity contribution is -0.143. The number of aromatic nitrogens is 3. The predicted molar refractivity (Wildman–Crippen MR) is 89.0 cm³/mol. The molecule has 2 heterocycles. The molecule has 9 heteroatoms. The number of halogens is 4. The fourth-order valence-electron chi connectivity index (χ4n) is 2.37. The zero-order valence-corrected chi connectivity index (χ0v) is 13.9. The lowest BCUT2D eigenvalue weighted by atomic mass is 10.2. The molecule has 0 unspecified atom stereocenters. The molecule has 0 fully saturated rings. The minimum Gasteiger partial charge on any atom is -0.348 e. The van der Waals surface area contributed by atoms with E-state index >= 15 is 0 Å². The summed E-state index contributed by atoms with van der Waals surface area (Å²) in [4.78, 5) is 16.2. The summed E-state index contributed by atoms with van der Waals surface area (Å²) in [5.74, 6) is -0.889. The van der Waals surface area contributed by atoms with E-state index in [0.29, 0.717) is 10.2 Å². The molecular weight excluding hydrogens is 369 g/mol. The quantitative estimate of drug-likeness (QED) is 0.747. The minimum absolute atomic E-state index is 0.0350. The number of benzene rings is 1. The van der Waals surface area contributed by atoms with Crippen LogP contribution in [-0.4, -0.2) is 20.7 Å². The fraction of sp³-hybridized carbons (Fsp3) is 0.118. The number of pyridine rings is 1. The Kier molecular flexibility index (Phi) is 4.94. The maximum absolute atomic E-state index is 13.6. The van der Waals surface area contributed by atoms with Crippen molar-refractivity contribution < 1.29 is 18.0 Å². The van der Waals surface area contributed by atoms with Gasteiger partial charge in [-0.1, -0.05) is 29.8 Å². The summed E-state index contributed by atoms with van der Waals surface area (Å²) >= 11 is 5.98. The van der Waals surface area contributed by atoms with Gasteiger partial charge in [0.15, 0.2) is 5.69 Å². The maximum atomic E-state index is 13.6. The number of alkyl halides is 3. The standard InChI is InChI=1S/C17H12ClF3N4O/c18-13-5-1-2-6-14(13)25-15(17(19,20)21)12(10-24-25)16(26)23-9-11-4-3-7-22-8-11/h1-8,10H,9H2,(H,23,26). The Morgan fingerprint density at radius 1 is 1.15 bits per heavy atom. The van der Waals surface area contributed by atoms with Crippen LogP contribution < -0.4 is 5.32 Å². The topological polar surface area (TPSA) is 59.8 Å². The fourth-order valence-corrected chi connectivity index (χ4v) is 2.59. The molecule has 5 nitrogen and oxygen atoms in total. The van der Waals surface area contributed by atoms with Crippen LogP contribution in [0.1, 0.15) is 21.6 Å². The molecule has 0 saturated carbocycles. The molecule has 0 spiro atoms. The SMILES string of the molecule is O=C(NCc1cccnc1)c1cnn(-c2ccccc2Cl)c1C(F)(F)F. The van der Waals surface area contributed by atoms with Crippen molar-refractivity contribution in [1.29, 1.82) is 0 Å². The van der Waals surface area contributed by atoms with Crippen molar-refractivity contribution in [3.63, 3.8) is 0 Å². The summed E-state index contributed by atoms with van der Waals surface area (Å²) in [6.07, 6.45) is -0.847. The van der Waals surface area contributed by atoms with E-state index < -0.39 is 23.3 Å². The number of nitrogens with one attached hydrogen (secondary N) is 1. The molecule has 3 rings (SSSR count). The van der Waals surface area contributed by atoms with E-state index in [9.17, 15) is 18.0 Å². The van der Waals surface area contributed by atoms with E-state index in [1.807, 2.05) is 0 Å². The van der Waals surface area contributed by atoms with E-state index in [2.05, 4.69) is 15.4 Å². The first-order valence-electron chi connectivity index (χ1n) is 7.45. The Balaban J connectivity index is 1.95. The van der Waals surface area contributed by atoms with E-state index in [4.69, 9.17) is 11.6 Å². The molecule has 134 valence electrons. The monoisotopic (exact) mass is 380 g/mol. The number of nitrogens with zero attached hydrogens (tertiary/aromatic N) is 3. The van der Waals surface area contributed by atoms with Gasteiger partial charge < -0.3 is 5.32 Å². The Morgan fingerprint density at radius 3 is 2.58 bits per heavy atom. The van der Waals surface area contributed by atoms with Gasteiger partial charge in [0, 0.05) is 18.9 Å². The van der Waals surface area contributed by atoms with Gasteiger partial charge in [0.25, 0.3) is 5.91 Å². The summed E-state index contributed by atoms with van der Waals surface area (Å²) in [6.45, 7) is 0.0429. The molecular formula is C17H12ClF3N4O. The Labute approximate surface area is 151 Å². The lowest BCUT2D eigenvalue weighted by Gasteiger charge is -2.13. The molecule has 0 aliphatic heterocycles. The zero-order valence-electron chi connectivity index (χ0n) is 13.2. The van der Waals surface area contributed by atoms with Crippen LogP contribution in [0.25, 0.3) is 5.69 Å². The van der Waals surface area contributed by atoms with Gasteiger partial charge in [-0.25, -0.2) is 4.68 Å². The van der Waals surface area contributed by atoms with Gasteiger partial charge in [-0.2, -0.15) is 18.3 Å². The summed E-state index contributed by atoms with van der Waals surface area (Å²) in [5, 5.41) is 6.26. The third-order valence-electron chi connectivity index (χ3n) is 3.54. The molecule has 2 aromatic heterocycles. The number of carbonyl (C=O) groups is 1. The minimum atomic E-state index is -4.79. The highest BCUT2D eigenvalue weighted by molar-refractivity contribution is 6.32. The molecule has 0 bridgehead atoms. The van der Waals surface area contributed by atoms with Crippen LogP contribution in [0.5, 0.6) is 0 Å². The third kappa shape index (κ3) is 3.70. The second-order valence-electron chi connectivity index (χ2n) is 5.31. The average molecular weight is 381 g/mol. The highest BCUT2D eigenvalue weighted by Gasteiger charge is 2.40.